The molecule has 0 aromatic carbocycles. The van der Waals surface area contributed by atoms with E-state index < -0.39 is 4.92 Å². The number of nitrogens with zero attached hydrogens (tertiary/aromatic N) is 5. The summed E-state index contributed by atoms with van der Waals surface area (Å²) in [5, 5.41) is 21.6. The van der Waals surface area contributed by atoms with E-state index in [4.69, 9.17) is 0 Å². The van der Waals surface area contributed by atoms with Crippen LogP contribution >= 0.6 is 15.9 Å². The molecule has 2 heterocycles. The van der Waals surface area contributed by atoms with Gasteiger partial charge in [-0.05, 0) is 36.2 Å². The standard InChI is InChI=1S/C14H19BrN6O3/c1-10-14(15)11(2)20(18-10)6-3-5-16-13(22)4-7-19-9-12(8-17-19)21(23)24/h8-9H,3-7H2,1-2H3,(H,16,22). The lowest BCUT2D eigenvalue weighted by atomic mass is 10.3. The van der Waals surface area contributed by atoms with Gasteiger partial charge in [0, 0.05) is 31.7 Å². The van der Waals surface area contributed by atoms with E-state index in [-0.39, 0.29) is 18.0 Å². The SMILES string of the molecule is Cc1nn(CCCNC(=O)CCn2cc([N+](=O)[O-])cn2)c(C)c1Br. The monoisotopic (exact) mass is 398 g/mol. The van der Waals surface area contributed by atoms with Crippen LogP contribution in [-0.4, -0.2) is 36.9 Å². The lowest BCUT2D eigenvalue weighted by molar-refractivity contribution is -0.385. The predicted octanol–water partition coefficient (Wildman–Crippen LogP) is 1.96. The summed E-state index contributed by atoms with van der Waals surface area (Å²) in [4.78, 5) is 21.8. The molecule has 0 atom stereocenters. The fourth-order valence-electron chi connectivity index (χ4n) is 2.22. The van der Waals surface area contributed by atoms with Crippen molar-refractivity contribution in [3.63, 3.8) is 0 Å². The first kappa shape index (κ1) is 18.1. The van der Waals surface area contributed by atoms with Crippen LogP contribution in [0, 0.1) is 24.0 Å². The van der Waals surface area contributed by atoms with Crippen LogP contribution in [-0.2, 0) is 17.9 Å². The van der Waals surface area contributed by atoms with Gasteiger partial charge in [-0.1, -0.05) is 0 Å². The molecule has 0 aliphatic carbocycles. The Balaban J connectivity index is 1.67. The van der Waals surface area contributed by atoms with Crippen molar-refractivity contribution in [2.75, 3.05) is 6.54 Å². The molecule has 9 nitrogen and oxygen atoms in total. The maximum Gasteiger partial charge on any atom is 0.306 e. The van der Waals surface area contributed by atoms with E-state index in [9.17, 15) is 14.9 Å². The van der Waals surface area contributed by atoms with E-state index in [1.54, 1.807) is 0 Å². The number of aromatic nitrogens is 4. The molecule has 10 heteroatoms. The molecule has 0 aliphatic rings. The summed E-state index contributed by atoms with van der Waals surface area (Å²) < 4.78 is 4.32. The van der Waals surface area contributed by atoms with Crippen molar-refractivity contribution in [1.82, 2.24) is 24.9 Å². The second-order valence-corrected chi connectivity index (χ2v) is 6.17. The minimum atomic E-state index is -0.513. The number of amides is 1. The molecule has 2 rings (SSSR count). The number of nitrogens with one attached hydrogen (secondary N) is 1. The molecule has 2 aromatic heterocycles. The summed E-state index contributed by atoms with van der Waals surface area (Å²) >= 11 is 3.48. The summed E-state index contributed by atoms with van der Waals surface area (Å²) in [5.74, 6) is -0.109. The Morgan fingerprint density at radius 1 is 1.42 bits per heavy atom. The number of rotatable bonds is 8. The lowest BCUT2D eigenvalue weighted by Crippen LogP contribution is -2.26. The third-order valence-corrected chi connectivity index (χ3v) is 4.71. The first-order valence-corrected chi connectivity index (χ1v) is 8.31. The van der Waals surface area contributed by atoms with Gasteiger partial charge in [0.25, 0.3) is 0 Å². The van der Waals surface area contributed by atoms with Crippen molar-refractivity contribution < 1.29 is 9.72 Å². The molecule has 1 amide bonds. The number of carbonyl (C=O) groups is 1. The Kier molecular flexibility index (Phi) is 6.07. The van der Waals surface area contributed by atoms with Gasteiger partial charge < -0.3 is 5.32 Å². The van der Waals surface area contributed by atoms with Crippen LogP contribution in [0.4, 0.5) is 5.69 Å². The van der Waals surface area contributed by atoms with Crippen LogP contribution in [0.15, 0.2) is 16.9 Å². The van der Waals surface area contributed by atoms with Gasteiger partial charge in [-0.25, -0.2) is 0 Å². The fraction of sp³-hybridized carbons (Fsp3) is 0.500. The zero-order valence-corrected chi connectivity index (χ0v) is 15.1. The molecule has 0 bridgehead atoms. The van der Waals surface area contributed by atoms with Gasteiger partial charge in [0.05, 0.1) is 15.1 Å². The number of carbonyl (C=O) groups excluding carboxylic acids is 1. The molecular formula is C14H19BrN6O3. The minimum absolute atomic E-state index is 0.0774. The van der Waals surface area contributed by atoms with Crippen molar-refractivity contribution in [3.8, 4) is 0 Å². The van der Waals surface area contributed by atoms with Gasteiger partial charge in [-0.2, -0.15) is 10.2 Å². The zero-order valence-electron chi connectivity index (χ0n) is 13.5. The van der Waals surface area contributed by atoms with Crippen molar-refractivity contribution in [2.24, 2.45) is 0 Å². The van der Waals surface area contributed by atoms with Gasteiger partial charge in [0.2, 0.25) is 5.91 Å². The van der Waals surface area contributed by atoms with E-state index in [1.165, 1.54) is 17.1 Å². The van der Waals surface area contributed by atoms with Crippen LogP contribution in [0.5, 0.6) is 0 Å². The quantitative estimate of drug-likeness (QED) is 0.415. The first-order chi connectivity index (χ1) is 11.4. The highest BCUT2D eigenvalue weighted by Crippen LogP contribution is 2.19. The molecule has 0 fully saturated rings. The molecule has 0 radical (unpaired) electrons. The molecule has 130 valence electrons. The Labute approximate surface area is 147 Å². The van der Waals surface area contributed by atoms with Crippen molar-refractivity contribution in [1.29, 1.82) is 0 Å². The highest BCUT2D eigenvalue weighted by Gasteiger charge is 2.10. The van der Waals surface area contributed by atoms with Crippen LogP contribution < -0.4 is 5.32 Å². The highest BCUT2D eigenvalue weighted by molar-refractivity contribution is 9.10. The summed E-state index contributed by atoms with van der Waals surface area (Å²) in [7, 11) is 0. The maximum absolute atomic E-state index is 11.8. The fourth-order valence-corrected chi connectivity index (χ4v) is 2.51. The molecule has 0 unspecified atom stereocenters. The Morgan fingerprint density at radius 3 is 2.75 bits per heavy atom. The number of nitro groups is 1. The van der Waals surface area contributed by atoms with Crippen LogP contribution in [0.25, 0.3) is 0 Å². The number of hydrogen-bond acceptors (Lipinski definition) is 5. The predicted molar refractivity (Wildman–Crippen MR) is 90.5 cm³/mol. The molecule has 2 aromatic rings. The number of hydrogen-bond donors (Lipinski definition) is 1. The average molecular weight is 399 g/mol. The largest absolute Gasteiger partial charge is 0.356 e. The molecule has 0 saturated heterocycles. The third-order valence-electron chi connectivity index (χ3n) is 3.56. The lowest BCUT2D eigenvalue weighted by Gasteiger charge is -2.07. The van der Waals surface area contributed by atoms with E-state index in [0.29, 0.717) is 13.1 Å². The summed E-state index contributed by atoms with van der Waals surface area (Å²) in [6.07, 6.45) is 3.48. The van der Waals surface area contributed by atoms with E-state index in [0.717, 1.165) is 28.8 Å². The minimum Gasteiger partial charge on any atom is -0.356 e. The summed E-state index contributed by atoms with van der Waals surface area (Å²) in [5.41, 5.74) is 1.94. The van der Waals surface area contributed by atoms with E-state index in [2.05, 4.69) is 31.4 Å². The molecule has 24 heavy (non-hydrogen) atoms. The number of halogens is 1. The van der Waals surface area contributed by atoms with Gasteiger partial charge in [-0.3, -0.25) is 24.3 Å². The maximum atomic E-state index is 11.8. The van der Waals surface area contributed by atoms with Crippen LogP contribution in [0.1, 0.15) is 24.2 Å². The zero-order chi connectivity index (χ0) is 17.7. The average Bonchev–Trinajstić information content (AvgIpc) is 3.11. The second-order valence-electron chi connectivity index (χ2n) is 5.38. The van der Waals surface area contributed by atoms with Crippen molar-refractivity contribution in [3.05, 3.63) is 38.4 Å². The first-order valence-electron chi connectivity index (χ1n) is 7.51. The number of aryl methyl sites for hydroxylation is 3. The van der Waals surface area contributed by atoms with Gasteiger partial charge in [0.15, 0.2) is 0 Å². The molecule has 0 saturated carbocycles. The Bertz CT molecular complexity index is 739. The van der Waals surface area contributed by atoms with E-state index in [1.807, 2.05) is 18.5 Å². The third kappa shape index (κ3) is 4.63. The summed E-state index contributed by atoms with van der Waals surface area (Å²) in [6, 6.07) is 0. The van der Waals surface area contributed by atoms with Gasteiger partial charge in [-0.15, -0.1) is 0 Å². The Hall–Kier alpha value is -2.23. The normalized spacial score (nSPS) is 10.8. The molecule has 0 aliphatic heterocycles. The molecular weight excluding hydrogens is 380 g/mol. The molecule has 0 spiro atoms. The second kappa shape index (κ2) is 8.04. The topological polar surface area (TPSA) is 108 Å². The molecule has 1 N–H and O–H groups in total. The van der Waals surface area contributed by atoms with Gasteiger partial charge >= 0.3 is 5.69 Å². The van der Waals surface area contributed by atoms with E-state index >= 15 is 0 Å². The Morgan fingerprint density at radius 2 is 2.17 bits per heavy atom. The summed E-state index contributed by atoms with van der Waals surface area (Å²) in [6.45, 7) is 5.52. The van der Waals surface area contributed by atoms with Crippen LogP contribution in [0.3, 0.4) is 0 Å². The highest BCUT2D eigenvalue weighted by atomic mass is 79.9. The van der Waals surface area contributed by atoms with Gasteiger partial charge in [0.1, 0.15) is 12.4 Å². The smallest absolute Gasteiger partial charge is 0.306 e. The van der Waals surface area contributed by atoms with Crippen molar-refractivity contribution >= 4 is 27.5 Å². The van der Waals surface area contributed by atoms with Crippen molar-refractivity contribution in [2.45, 2.75) is 39.8 Å². The van der Waals surface area contributed by atoms with Crippen LogP contribution in [0.2, 0.25) is 0 Å².